The molecule has 0 bridgehead atoms. The monoisotopic (exact) mass is 486 g/mol. The van der Waals surface area contributed by atoms with Crippen LogP contribution in [0.15, 0.2) is 30.3 Å². The number of hydrogen-bond donors (Lipinski definition) is 3. The molecule has 2 aliphatic heterocycles. The van der Waals surface area contributed by atoms with Gasteiger partial charge in [0.1, 0.15) is 17.6 Å². The highest BCUT2D eigenvalue weighted by Gasteiger charge is 2.53. The summed E-state index contributed by atoms with van der Waals surface area (Å²) in [5, 5.41) is 12.8. The summed E-state index contributed by atoms with van der Waals surface area (Å²) < 4.78 is 0. The van der Waals surface area contributed by atoms with Gasteiger partial charge in [-0.2, -0.15) is 0 Å². The first-order chi connectivity index (χ1) is 16.6. The molecule has 192 valence electrons. The number of ketones is 1. The predicted molar refractivity (Wildman–Crippen MR) is 131 cm³/mol. The molecule has 0 saturated carbocycles. The number of likely N-dealkylation sites (tertiary alicyclic amines) is 2. The number of carbonyl (C=O) groups excluding carboxylic acids is 4. The van der Waals surface area contributed by atoms with Crippen molar-refractivity contribution in [3.8, 4) is 0 Å². The SMILES string of the molecule is CC[C@H](N)C(=O)N1CCC[C@H]1C(=O)N1CCC[C@]1(Cc1ccccc1)C(=O)N[C@H](C(C)=O)[C@@H](C)O. The maximum absolute atomic E-state index is 13.9. The van der Waals surface area contributed by atoms with Crippen LogP contribution in [0.3, 0.4) is 0 Å². The van der Waals surface area contributed by atoms with E-state index in [4.69, 9.17) is 5.73 Å². The molecule has 5 atom stereocenters. The van der Waals surface area contributed by atoms with E-state index in [0.29, 0.717) is 45.2 Å². The van der Waals surface area contributed by atoms with Gasteiger partial charge in [0, 0.05) is 19.5 Å². The minimum absolute atomic E-state index is 0.244. The van der Waals surface area contributed by atoms with E-state index in [9.17, 15) is 24.3 Å². The zero-order chi connectivity index (χ0) is 25.8. The first-order valence-electron chi connectivity index (χ1n) is 12.5. The van der Waals surface area contributed by atoms with E-state index < -0.39 is 35.7 Å². The lowest BCUT2D eigenvalue weighted by atomic mass is 9.86. The van der Waals surface area contributed by atoms with Crippen LogP contribution < -0.4 is 11.1 Å². The molecule has 2 aliphatic rings. The van der Waals surface area contributed by atoms with Gasteiger partial charge in [0.05, 0.1) is 12.1 Å². The summed E-state index contributed by atoms with van der Waals surface area (Å²) in [6.07, 6.45) is 1.91. The Hall–Kier alpha value is -2.78. The van der Waals surface area contributed by atoms with E-state index in [-0.39, 0.29) is 24.0 Å². The zero-order valence-electron chi connectivity index (χ0n) is 20.9. The topological polar surface area (TPSA) is 133 Å². The first-order valence-corrected chi connectivity index (χ1v) is 12.5. The molecule has 0 radical (unpaired) electrons. The summed E-state index contributed by atoms with van der Waals surface area (Å²) in [6, 6.07) is 7.03. The standard InChI is InChI=1S/C26H38N4O5/c1-4-20(27)23(33)29-14-8-12-21(29)24(34)30-15-9-13-26(30,16-19-10-6-5-7-11-19)25(35)28-22(17(2)31)18(3)32/h5-7,10-11,17,20-22,31H,4,8-9,12-16,27H2,1-3H3,(H,28,35)/t17-,20+,21+,22+,26+/m1/s1. The Kier molecular flexibility index (Phi) is 8.66. The summed E-state index contributed by atoms with van der Waals surface area (Å²) in [7, 11) is 0. The van der Waals surface area contributed by atoms with Crippen molar-refractivity contribution in [2.24, 2.45) is 5.73 Å². The Morgan fingerprint density at radius 2 is 1.86 bits per heavy atom. The van der Waals surface area contributed by atoms with E-state index in [0.717, 1.165) is 5.56 Å². The molecule has 0 aliphatic carbocycles. The third-order valence-corrected chi connectivity index (χ3v) is 7.30. The molecule has 2 fully saturated rings. The Morgan fingerprint density at radius 1 is 1.17 bits per heavy atom. The first kappa shape index (κ1) is 26.8. The van der Waals surface area contributed by atoms with E-state index in [2.05, 4.69) is 5.32 Å². The van der Waals surface area contributed by atoms with Crippen molar-refractivity contribution in [2.75, 3.05) is 13.1 Å². The molecular formula is C26H38N4O5. The number of benzene rings is 1. The fourth-order valence-corrected chi connectivity index (χ4v) is 5.33. The van der Waals surface area contributed by atoms with Gasteiger partial charge in [-0.3, -0.25) is 19.2 Å². The average Bonchev–Trinajstić information content (AvgIpc) is 3.49. The van der Waals surface area contributed by atoms with Crippen LogP contribution in [0.4, 0.5) is 0 Å². The van der Waals surface area contributed by atoms with Crippen molar-refractivity contribution in [2.45, 2.75) is 89.1 Å². The summed E-state index contributed by atoms with van der Waals surface area (Å²) in [6.45, 7) is 5.43. The van der Waals surface area contributed by atoms with E-state index in [1.807, 2.05) is 37.3 Å². The number of nitrogens with two attached hydrogens (primary N) is 1. The lowest BCUT2D eigenvalue weighted by molar-refractivity contribution is -0.152. The van der Waals surface area contributed by atoms with Crippen LogP contribution in [-0.4, -0.2) is 81.3 Å². The lowest BCUT2D eigenvalue weighted by Gasteiger charge is -2.41. The Balaban J connectivity index is 1.96. The van der Waals surface area contributed by atoms with Crippen molar-refractivity contribution in [1.82, 2.24) is 15.1 Å². The zero-order valence-corrected chi connectivity index (χ0v) is 20.9. The summed E-state index contributed by atoms with van der Waals surface area (Å²) in [5.41, 5.74) is 5.64. The van der Waals surface area contributed by atoms with Gasteiger partial charge in [-0.05, 0) is 51.5 Å². The number of nitrogens with one attached hydrogen (secondary N) is 1. The number of nitrogens with zero attached hydrogens (tertiary/aromatic N) is 2. The normalized spacial score (nSPS) is 24.7. The number of carbonyl (C=O) groups is 4. The number of rotatable bonds is 9. The van der Waals surface area contributed by atoms with Crippen LogP contribution in [-0.2, 0) is 25.6 Å². The average molecular weight is 487 g/mol. The van der Waals surface area contributed by atoms with Gasteiger partial charge in [0.25, 0.3) is 0 Å². The third kappa shape index (κ3) is 5.56. The Labute approximate surface area is 207 Å². The van der Waals surface area contributed by atoms with E-state index >= 15 is 0 Å². The van der Waals surface area contributed by atoms with Gasteiger partial charge in [-0.15, -0.1) is 0 Å². The van der Waals surface area contributed by atoms with Crippen LogP contribution in [0.2, 0.25) is 0 Å². The van der Waals surface area contributed by atoms with Crippen LogP contribution in [0, 0.1) is 0 Å². The second-order valence-corrected chi connectivity index (χ2v) is 9.79. The minimum Gasteiger partial charge on any atom is -0.391 e. The second kappa shape index (κ2) is 11.3. The molecule has 0 unspecified atom stereocenters. The Bertz CT molecular complexity index is 937. The number of aliphatic hydroxyl groups is 1. The molecule has 3 rings (SSSR count). The lowest BCUT2D eigenvalue weighted by Crippen LogP contribution is -2.64. The molecule has 0 spiro atoms. The highest BCUT2D eigenvalue weighted by molar-refractivity contribution is 5.98. The van der Waals surface area contributed by atoms with E-state index in [1.54, 1.807) is 9.80 Å². The van der Waals surface area contributed by atoms with Gasteiger partial charge in [-0.25, -0.2) is 0 Å². The van der Waals surface area contributed by atoms with Crippen molar-refractivity contribution >= 4 is 23.5 Å². The fraction of sp³-hybridized carbons (Fsp3) is 0.615. The molecule has 9 heteroatoms. The largest absolute Gasteiger partial charge is 0.391 e. The smallest absolute Gasteiger partial charge is 0.246 e. The minimum atomic E-state index is -1.23. The molecule has 35 heavy (non-hydrogen) atoms. The van der Waals surface area contributed by atoms with Gasteiger partial charge in [-0.1, -0.05) is 37.3 Å². The number of Topliss-reactive ketones (excluding diaryl/α,β-unsaturated/α-hetero) is 1. The molecule has 1 aromatic carbocycles. The fourth-order valence-electron chi connectivity index (χ4n) is 5.33. The van der Waals surface area contributed by atoms with Gasteiger partial charge in [0.2, 0.25) is 17.7 Å². The molecule has 2 saturated heterocycles. The molecule has 0 aromatic heterocycles. The molecule has 1 aromatic rings. The maximum Gasteiger partial charge on any atom is 0.246 e. The summed E-state index contributed by atoms with van der Waals surface area (Å²) in [4.78, 5) is 55.9. The highest BCUT2D eigenvalue weighted by atomic mass is 16.3. The number of hydrogen-bond acceptors (Lipinski definition) is 6. The third-order valence-electron chi connectivity index (χ3n) is 7.30. The summed E-state index contributed by atoms with van der Waals surface area (Å²) >= 11 is 0. The molecule has 4 N–H and O–H groups in total. The quantitative estimate of drug-likeness (QED) is 0.472. The van der Waals surface area contributed by atoms with Crippen molar-refractivity contribution in [1.29, 1.82) is 0 Å². The van der Waals surface area contributed by atoms with Crippen molar-refractivity contribution < 1.29 is 24.3 Å². The summed E-state index contributed by atoms with van der Waals surface area (Å²) in [5.74, 6) is -1.33. The van der Waals surface area contributed by atoms with Gasteiger partial charge < -0.3 is 26.0 Å². The Morgan fingerprint density at radius 3 is 2.46 bits per heavy atom. The van der Waals surface area contributed by atoms with Gasteiger partial charge in [0.15, 0.2) is 5.78 Å². The molecular weight excluding hydrogens is 448 g/mol. The van der Waals surface area contributed by atoms with Crippen molar-refractivity contribution in [3.05, 3.63) is 35.9 Å². The molecule has 2 heterocycles. The number of aliphatic hydroxyl groups excluding tert-OH is 1. The van der Waals surface area contributed by atoms with Crippen LogP contribution >= 0.6 is 0 Å². The van der Waals surface area contributed by atoms with Crippen LogP contribution in [0.25, 0.3) is 0 Å². The van der Waals surface area contributed by atoms with Crippen LogP contribution in [0.1, 0.15) is 58.4 Å². The highest BCUT2D eigenvalue weighted by Crippen LogP contribution is 2.36. The van der Waals surface area contributed by atoms with Crippen LogP contribution in [0.5, 0.6) is 0 Å². The molecule has 3 amide bonds. The maximum atomic E-state index is 13.9. The number of amides is 3. The second-order valence-electron chi connectivity index (χ2n) is 9.79. The molecule has 9 nitrogen and oxygen atoms in total. The van der Waals surface area contributed by atoms with Gasteiger partial charge >= 0.3 is 0 Å². The predicted octanol–water partition coefficient (Wildman–Crippen LogP) is 0.773. The van der Waals surface area contributed by atoms with Crippen molar-refractivity contribution in [3.63, 3.8) is 0 Å². The van der Waals surface area contributed by atoms with E-state index in [1.165, 1.54) is 13.8 Å².